The quantitative estimate of drug-likeness (QED) is 0.511. The maximum atomic E-state index is 13.5. The van der Waals surface area contributed by atoms with E-state index in [0.717, 1.165) is 13.1 Å². The molecule has 0 spiro atoms. The van der Waals surface area contributed by atoms with Crippen molar-refractivity contribution < 1.29 is 26.7 Å². The fraction of sp³-hybridized carbons (Fsp3) is 0.571. The molecular weight excluding hydrogens is 307 g/mol. The van der Waals surface area contributed by atoms with E-state index in [1.807, 2.05) is 7.05 Å². The van der Waals surface area contributed by atoms with Crippen molar-refractivity contribution in [3.05, 3.63) is 29.1 Å². The number of hydrogen-bond donors (Lipinski definition) is 1. The summed E-state index contributed by atoms with van der Waals surface area (Å²) in [5.74, 6) is -11.2. The Morgan fingerprint density at radius 1 is 0.955 bits per heavy atom. The molecule has 0 bridgehead atoms. The molecule has 1 heterocycles. The lowest BCUT2D eigenvalue weighted by molar-refractivity contribution is 0.0918. The van der Waals surface area contributed by atoms with Crippen LogP contribution in [0, 0.1) is 29.1 Å². The zero-order valence-electron chi connectivity index (χ0n) is 12.1. The van der Waals surface area contributed by atoms with E-state index in [0.29, 0.717) is 25.9 Å². The second-order valence-electron chi connectivity index (χ2n) is 5.16. The first-order chi connectivity index (χ1) is 10.5. The smallest absolute Gasteiger partial charge is 0.207 e. The van der Waals surface area contributed by atoms with Gasteiger partial charge in [0.25, 0.3) is 0 Å². The van der Waals surface area contributed by atoms with Gasteiger partial charge in [0.05, 0.1) is 0 Å². The highest BCUT2D eigenvalue weighted by atomic mass is 19.2. The van der Waals surface area contributed by atoms with Gasteiger partial charge in [-0.3, -0.25) is 0 Å². The molecule has 3 nitrogen and oxygen atoms in total. The summed E-state index contributed by atoms with van der Waals surface area (Å²) in [4.78, 5) is 2.13. The highest BCUT2D eigenvalue weighted by Crippen LogP contribution is 2.31. The van der Waals surface area contributed by atoms with E-state index in [1.54, 1.807) is 0 Å². The first kappa shape index (κ1) is 17.0. The highest BCUT2D eigenvalue weighted by Gasteiger charge is 2.29. The van der Waals surface area contributed by atoms with E-state index in [2.05, 4.69) is 10.2 Å². The molecule has 0 atom stereocenters. The van der Waals surface area contributed by atoms with Crippen LogP contribution in [0.25, 0.3) is 0 Å². The Morgan fingerprint density at radius 2 is 1.45 bits per heavy atom. The van der Waals surface area contributed by atoms with Crippen LogP contribution < -0.4 is 10.1 Å². The van der Waals surface area contributed by atoms with E-state index in [4.69, 9.17) is 4.74 Å². The molecule has 1 aliphatic heterocycles. The molecule has 8 heteroatoms. The number of halogens is 5. The van der Waals surface area contributed by atoms with Crippen LogP contribution in [0.5, 0.6) is 5.75 Å². The molecule has 1 aromatic rings. The van der Waals surface area contributed by atoms with Crippen LogP contribution in [-0.2, 0) is 0 Å². The van der Waals surface area contributed by atoms with Gasteiger partial charge in [-0.1, -0.05) is 0 Å². The van der Waals surface area contributed by atoms with Crippen molar-refractivity contribution in [2.75, 3.05) is 33.2 Å². The molecule has 2 rings (SSSR count). The van der Waals surface area contributed by atoms with Gasteiger partial charge in [0.2, 0.25) is 29.1 Å². The van der Waals surface area contributed by atoms with Crippen LogP contribution in [0.2, 0.25) is 0 Å². The number of rotatable bonds is 5. The molecule has 124 valence electrons. The number of hydrogen-bond acceptors (Lipinski definition) is 3. The van der Waals surface area contributed by atoms with Crippen LogP contribution >= 0.6 is 0 Å². The second kappa shape index (κ2) is 7.23. The monoisotopic (exact) mass is 324 g/mol. The van der Waals surface area contributed by atoms with E-state index < -0.39 is 40.9 Å². The Morgan fingerprint density at radius 3 is 1.95 bits per heavy atom. The maximum absolute atomic E-state index is 13.5. The third-order valence-corrected chi connectivity index (χ3v) is 3.67. The van der Waals surface area contributed by atoms with Crippen molar-refractivity contribution in [1.82, 2.24) is 10.2 Å². The van der Waals surface area contributed by atoms with Crippen LogP contribution in [0.1, 0.15) is 12.8 Å². The number of likely N-dealkylation sites (tertiary alicyclic amines) is 1. The Kier molecular flexibility index (Phi) is 5.57. The molecule has 1 aromatic carbocycles. The van der Waals surface area contributed by atoms with Crippen molar-refractivity contribution in [2.24, 2.45) is 0 Å². The Hall–Kier alpha value is -1.41. The number of benzene rings is 1. The molecule has 1 fully saturated rings. The van der Waals surface area contributed by atoms with Gasteiger partial charge in [-0.05, 0) is 19.9 Å². The zero-order chi connectivity index (χ0) is 16.3. The minimum absolute atomic E-state index is 0.462. The first-order valence-corrected chi connectivity index (χ1v) is 7.00. The summed E-state index contributed by atoms with van der Waals surface area (Å²) in [6, 6.07) is 0. The average Bonchev–Trinajstić information content (AvgIpc) is 2.54. The van der Waals surface area contributed by atoms with E-state index >= 15 is 0 Å². The van der Waals surface area contributed by atoms with Gasteiger partial charge < -0.3 is 15.0 Å². The predicted molar refractivity (Wildman–Crippen MR) is 70.2 cm³/mol. The molecule has 1 saturated heterocycles. The van der Waals surface area contributed by atoms with E-state index in [-0.39, 0.29) is 0 Å². The molecule has 0 amide bonds. The predicted octanol–water partition coefficient (Wildman–Crippen LogP) is 2.44. The summed E-state index contributed by atoms with van der Waals surface area (Å²) >= 11 is 0. The number of ether oxygens (including phenoxy) is 1. The Bertz CT molecular complexity index is 503. The molecule has 0 aromatic heterocycles. The van der Waals surface area contributed by atoms with Crippen LogP contribution in [0.4, 0.5) is 22.0 Å². The van der Waals surface area contributed by atoms with Crippen molar-refractivity contribution in [3.63, 3.8) is 0 Å². The SMILES string of the molecule is CNCCN1CCC(Oc2c(F)c(F)c(F)c(F)c2F)CC1. The number of nitrogens with zero attached hydrogens (tertiary/aromatic N) is 1. The van der Waals surface area contributed by atoms with Gasteiger partial charge in [0.1, 0.15) is 6.10 Å². The van der Waals surface area contributed by atoms with Gasteiger partial charge >= 0.3 is 0 Å². The van der Waals surface area contributed by atoms with Crippen molar-refractivity contribution >= 4 is 0 Å². The lowest BCUT2D eigenvalue weighted by atomic mass is 10.1. The standard InChI is InChI=1S/C14H17F5N2O/c1-20-4-7-21-5-2-8(3-6-21)22-14-12(18)10(16)9(15)11(17)13(14)19/h8,20H,2-7H2,1H3. The molecule has 0 radical (unpaired) electrons. The lowest BCUT2D eigenvalue weighted by Gasteiger charge is -2.32. The van der Waals surface area contributed by atoms with Crippen LogP contribution in [0.15, 0.2) is 0 Å². The summed E-state index contributed by atoms with van der Waals surface area (Å²) in [6.07, 6.45) is 0.353. The second-order valence-corrected chi connectivity index (χ2v) is 5.16. The number of piperidine rings is 1. The highest BCUT2D eigenvalue weighted by molar-refractivity contribution is 5.30. The fourth-order valence-corrected chi connectivity index (χ4v) is 2.38. The zero-order valence-corrected chi connectivity index (χ0v) is 12.1. The van der Waals surface area contributed by atoms with Gasteiger partial charge in [0.15, 0.2) is 5.75 Å². The lowest BCUT2D eigenvalue weighted by Crippen LogP contribution is -2.41. The molecule has 0 unspecified atom stereocenters. The molecule has 1 N–H and O–H groups in total. The molecule has 22 heavy (non-hydrogen) atoms. The summed E-state index contributed by atoms with van der Waals surface area (Å²) in [5, 5.41) is 3.01. The third kappa shape index (κ3) is 3.49. The molecule has 1 aliphatic rings. The Balaban J connectivity index is 2.04. The summed E-state index contributed by atoms with van der Waals surface area (Å²) in [6.45, 7) is 2.92. The van der Waals surface area contributed by atoms with E-state index in [1.165, 1.54) is 0 Å². The van der Waals surface area contributed by atoms with Gasteiger partial charge in [-0.15, -0.1) is 0 Å². The van der Waals surface area contributed by atoms with Crippen molar-refractivity contribution in [1.29, 1.82) is 0 Å². The number of likely N-dealkylation sites (N-methyl/N-ethyl adjacent to an activating group) is 1. The first-order valence-electron chi connectivity index (χ1n) is 7.00. The Labute approximate surface area is 125 Å². The maximum Gasteiger partial charge on any atom is 0.207 e. The third-order valence-electron chi connectivity index (χ3n) is 3.67. The largest absolute Gasteiger partial charge is 0.484 e. The van der Waals surface area contributed by atoms with Gasteiger partial charge in [-0.25, -0.2) is 13.2 Å². The average molecular weight is 324 g/mol. The van der Waals surface area contributed by atoms with Crippen molar-refractivity contribution in [3.8, 4) is 5.75 Å². The van der Waals surface area contributed by atoms with Gasteiger partial charge in [-0.2, -0.15) is 8.78 Å². The van der Waals surface area contributed by atoms with Crippen LogP contribution in [-0.4, -0.2) is 44.2 Å². The molecular formula is C14H17F5N2O. The van der Waals surface area contributed by atoms with Crippen molar-refractivity contribution in [2.45, 2.75) is 18.9 Å². The summed E-state index contributed by atoms with van der Waals surface area (Å²) in [5.41, 5.74) is 0. The fourth-order valence-electron chi connectivity index (χ4n) is 2.38. The summed E-state index contributed by atoms with van der Waals surface area (Å²) in [7, 11) is 1.83. The molecule has 0 aliphatic carbocycles. The normalized spacial score (nSPS) is 17.0. The summed E-state index contributed by atoms with van der Waals surface area (Å²) < 4.78 is 71.3. The minimum Gasteiger partial charge on any atom is -0.484 e. The van der Waals surface area contributed by atoms with E-state index in [9.17, 15) is 22.0 Å². The van der Waals surface area contributed by atoms with Gasteiger partial charge in [0, 0.05) is 26.2 Å². The number of nitrogens with one attached hydrogen (secondary N) is 1. The minimum atomic E-state index is -2.18. The molecule has 0 saturated carbocycles. The van der Waals surface area contributed by atoms with Crippen LogP contribution in [0.3, 0.4) is 0 Å². The topological polar surface area (TPSA) is 24.5 Å².